The first-order valence-corrected chi connectivity index (χ1v) is 7.84. The first kappa shape index (κ1) is 21.3. The molecule has 0 aliphatic heterocycles. The van der Waals surface area contributed by atoms with E-state index >= 15 is 0 Å². The maximum Gasteiger partial charge on any atom is 0.249 e. The van der Waals surface area contributed by atoms with Gasteiger partial charge in [0.1, 0.15) is 6.10 Å². The van der Waals surface area contributed by atoms with Crippen LogP contribution in [0.3, 0.4) is 0 Å². The van der Waals surface area contributed by atoms with Crippen molar-refractivity contribution in [1.82, 2.24) is 16.0 Å². The third kappa shape index (κ3) is 9.14. The van der Waals surface area contributed by atoms with Crippen molar-refractivity contribution in [1.29, 1.82) is 0 Å². The fraction of sp³-hybridized carbons (Fsp3) is 0.800. The molecule has 0 heterocycles. The number of amides is 3. The smallest absolute Gasteiger partial charge is 0.249 e. The minimum atomic E-state index is -1.34. The predicted octanol–water partition coefficient (Wildman–Crippen LogP) is -1.10. The molecular weight excluding hydrogens is 302 g/mol. The van der Waals surface area contributed by atoms with Gasteiger partial charge in [-0.1, -0.05) is 20.8 Å². The maximum atomic E-state index is 11.7. The van der Waals surface area contributed by atoms with Crippen LogP contribution < -0.4 is 16.0 Å². The Labute approximate surface area is 137 Å². The molecule has 0 radical (unpaired) electrons. The number of hydrogen-bond acceptors (Lipinski definition) is 5. The molecule has 0 fully saturated rings. The third-order valence-corrected chi connectivity index (χ3v) is 3.29. The van der Waals surface area contributed by atoms with Gasteiger partial charge in [-0.2, -0.15) is 0 Å². The van der Waals surface area contributed by atoms with Gasteiger partial charge in [-0.3, -0.25) is 14.4 Å². The van der Waals surface area contributed by atoms with Gasteiger partial charge in [-0.05, 0) is 6.42 Å². The zero-order valence-electron chi connectivity index (χ0n) is 14.1. The van der Waals surface area contributed by atoms with Crippen LogP contribution in [0.2, 0.25) is 0 Å². The van der Waals surface area contributed by atoms with Crippen LogP contribution in [-0.4, -0.2) is 60.3 Å². The van der Waals surface area contributed by atoms with Crippen LogP contribution in [0.1, 0.15) is 40.0 Å². The Morgan fingerprint density at radius 2 is 1.48 bits per heavy atom. The lowest BCUT2D eigenvalue weighted by Crippen LogP contribution is -2.46. The summed E-state index contributed by atoms with van der Waals surface area (Å²) in [5.41, 5.74) is -0.941. The van der Waals surface area contributed by atoms with Gasteiger partial charge in [0.05, 0.1) is 6.61 Å². The second-order valence-corrected chi connectivity index (χ2v) is 6.04. The highest BCUT2D eigenvalue weighted by Crippen LogP contribution is 2.19. The molecule has 0 aromatic rings. The van der Waals surface area contributed by atoms with Crippen LogP contribution in [0.15, 0.2) is 0 Å². The van der Waals surface area contributed by atoms with Gasteiger partial charge in [0.25, 0.3) is 0 Å². The SMILES string of the molecule is CCCC(=O)NCCNC(=O)CCNC(=O)[C@H](O)C(C)(C)CO. The first-order chi connectivity index (χ1) is 10.7. The Balaban J connectivity index is 3.82. The summed E-state index contributed by atoms with van der Waals surface area (Å²) in [5, 5.41) is 26.6. The van der Waals surface area contributed by atoms with E-state index in [0.717, 1.165) is 6.42 Å². The summed E-state index contributed by atoms with van der Waals surface area (Å²) in [6.07, 6.45) is -0.0334. The Hall–Kier alpha value is -1.67. The minimum Gasteiger partial charge on any atom is -0.396 e. The molecule has 8 nitrogen and oxygen atoms in total. The standard InChI is InChI=1S/C15H29N3O5/c1-4-5-11(20)16-8-9-17-12(21)6-7-18-14(23)13(22)15(2,3)10-19/h13,19,22H,4-10H2,1-3H3,(H,16,20)(H,17,21)(H,18,23)/t13-/m0/s1. The second kappa shape index (κ2) is 11.0. The van der Waals surface area contributed by atoms with Crippen LogP contribution in [0, 0.1) is 5.41 Å². The van der Waals surface area contributed by atoms with Crippen molar-refractivity contribution in [2.75, 3.05) is 26.2 Å². The summed E-state index contributed by atoms with van der Waals surface area (Å²) in [5.74, 6) is -0.927. The summed E-state index contributed by atoms with van der Waals surface area (Å²) in [7, 11) is 0. The van der Waals surface area contributed by atoms with Gasteiger partial charge in [0.2, 0.25) is 17.7 Å². The summed E-state index contributed by atoms with van der Waals surface area (Å²) < 4.78 is 0. The zero-order valence-corrected chi connectivity index (χ0v) is 14.1. The van der Waals surface area contributed by atoms with Gasteiger partial charge in [0, 0.05) is 37.9 Å². The molecular formula is C15H29N3O5. The van der Waals surface area contributed by atoms with Crippen molar-refractivity contribution in [2.24, 2.45) is 5.41 Å². The first-order valence-electron chi connectivity index (χ1n) is 7.84. The molecule has 0 unspecified atom stereocenters. The number of nitrogens with one attached hydrogen (secondary N) is 3. The minimum absolute atomic E-state index is 0.0468. The van der Waals surface area contributed by atoms with Gasteiger partial charge in [-0.25, -0.2) is 0 Å². The summed E-state index contributed by atoms with van der Waals surface area (Å²) >= 11 is 0. The molecule has 0 aliphatic rings. The molecule has 0 aromatic heterocycles. The topological polar surface area (TPSA) is 128 Å². The van der Waals surface area contributed by atoms with Crippen LogP contribution in [-0.2, 0) is 14.4 Å². The average molecular weight is 331 g/mol. The lowest BCUT2D eigenvalue weighted by atomic mass is 9.87. The largest absolute Gasteiger partial charge is 0.396 e. The van der Waals surface area contributed by atoms with E-state index in [1.54, 1.807) is 13.8 Å². The van der Waals surface area contributed by atoms with E-state index in [2.05, 4.69) is 16.0 Å². The van der Waals surface area contributed by atoms with E-state index in [9.17, 15) is 19.5 Å². The Bertz CT molecular complexity index is 399. The van der Waals surface area contributed by atoms with E-state index in [4.69, 9.17) is 5.11 Å². The van der Waals surface area contributed by atoms with Crippen LogP contribution >= 0.6 is 0 Å². The lowest BCUT2D eigenvalue weighted by Gasteiger charge is -2.27. The van der Waals surface area contributed by atoms with Crippen LogP contribution in [0.25, 0.3) is 0 Å². The van der Waals surface area contributed by atoms with Crippen molar-refractivity contribution >= 4 is 17.7 Å². The number of carbonyl (C=O) groups excluding carboxylic acids is 3. The summed E-state index contributed by atoms with van der Waals surface area (Å²) in [4.78, 5) is 34.4. The molecule has 0 bridgehead atoms. The highest BCUT2D eigenvalue weighted by molar-refractivity contribution is 5.82. The second-order valence-electron chi connectivity index (χ2n) is 6.04. The molecule has 134 valence electrons. The van der Waals surface area contributed by atoms with Crippen molar-refractivity contribution < 1.29 is 24.6 Å². The van der Waals surface area contributed by atoms with Crippen LogP contribution in [0.4, 0.5) is 0 Å². The molecule has 0 saturated carbocycles. The quantitative estimate of drug-likeness (QED) is 0.307. The molecule has 1 atom stereocenters. The molecule has 8 heteroatoms. The van der Waals surface area contributed by atoms with E-state index in [-0.39, 0.29) is 31.4 Å². The molecule has 0 aliphatic carbocycles. The molecule has 0 saturated heterocycles. The molecule has 23 heavy (non-hydrogen) atoms. The van der Waals surface area contributed by atoms with E-state index in [1.165, 1.54) is 0 Å². The van der Waals surface area contributed by atoms with Gasteiger partial charge in [0.15, 0.2) is 0 Å². The number of hydrogen-bond donors (Lipinski definition) is 5. The third-order valence-electron chi connectivity index (χ3n) is 3.29. The number of aliphatic hydroxyl groups excluding tert-OH is 2. The molecule has 0 spiro atoms. The monoisotopic (exact) mass is 331 g/mol. The van der Waals surface area contributed by atoms with Gasteiger partial charge < -0.3 is 26.2 Å². The number of aliphatic hydroxyl groups is 2. The Kier molecular flexibility index (Phi) is 10.2. The summed E-state index contributed by atoms with van der Waals surface area (Å²) in [6.45, 7) is 5.49. The molecule has 0 aromatic carbocycles. The summed E-state index contributed by atoms with van der Waals surface area (Å²) in [6, 6.07) is 0. The zero-order chi connectivity index (χ0) is 17.9. The van der Waals surface area contributed by atoms with Crippen molar-refractivity contribution in [3.05, 3.63) is 0 Å². The van der Waals surface area contributed by atoms with Gasteiger partial charge >= 0.3 is 0 Å². The highest BCUT2D eigenvalue weighted by Gasteiger charge is 2.32. The van der Waals surface area contributed by atoms with Crippen molar-refractivity contribution in [2.45, 2.75) is 46.1 Å². The number of rotatable bonds is 11. The fourth-order valence-electron chi connectivity index (χ4n) is 1.64. The van der Waals surface area contributed by atoms with Crippen molar-refractivity contribution in [3.63, 3.8) is 0 Å². The van der Waals surface area contributed by atoms with Crippen molar-refractivity contribution in [3.8, 4) is 0 Å². The normalized spacial score (nSPS) is 12.4. The predicted molar refractivity (Wildman–Crippen MR) is 85.4 cm³/mol. The maximum absolute atomic E-state index is 11.7. The lowest BCUT2D eigenvalue weighted by molar-refractivity contribution is -0.137. The van der Waals surface area contributed by atoms with E-state index < -0.39 is 17.4 Å². The Morgan fingerprint density at radius 1 is 0.957 bits per heavy atom. The average Bonchev–Trinajstić information content (AvgIpc) is 2.50. The van der Waals surface area contributed by atoms with Crippen LogP contribution in [0.5, 0.6) is 0 Å². The number of carbonyl (C=O) groups is 3. The molecule has 5 N–H and O–H groups in total. The fourth-order valence-corrected chi connectivity index (χ4v) is 1.64. The van der Waals surface area contributed by atoms with Gasteiger partial charge in [-0.15, -0.1) is 0 Å². The van der Waals surface area contributed by atoms with E-state index in [0.29, 0.717) is 19.5 Å². The Morgan fingerprint density at radius 3 is 1.96 bits per heavy atom. The molecule has 0 rings (SSSR count). The molecule has 3 amide bonds. The highest BCUT2D eigenvalue weighted by atomic mass is 16.3. The van der Waals surface area contributed by atoms with E-state index in [1.807, 2.05) is 6.92 Å².